The van der Waals surface area contributed by atoms with Gasteiger partial charge in [-0.2, -0.15) is 21.6 Å². The standard InChI is InChI=1S/C10H12F3NO4S/c1-6-2-3-7-4-8(5-9(15)14(6)7)18-19(16,17)10(11,12)13/h5-7H,2-4H2,1H3/t6-,7?/m0/s1. The lowest BCUT2D eigenvalue weighted by atomic mass is 10.1. The van der Waals surface area contributed by atoms with Gasteiger partial charge in [-0.1, -0.05) is 0 Å². The number of hydrogen-bond acceptors (Lipinski definition) is 4. The zero-order chi connectivity index (χ0) is 14.4. The quantitative estimate of drug-likeness (QED) is 0.573. The van der Waals surface area contributed by atoms with E-state index in [1.165, 1.54) is 0 Å². The van der Waals surface area contributed by atoms with E-state index < -0.39 is 27.3 Å². The maximum absolute atomic E-state index is 12.2. The summed E-state index contributed by atoms with van der Waals surface area (Å²) >= 11 is 0. The molecule has 0 bridgehead atoms. The lowest BCUT2D eigenvalue weighted by Crippen LogP contribution is -2.42. The molecule has 9 heteroatoms. The summed E-state index contributed by atoms with van der Waals surface area (Å²) in [6.45, 7) is 1.84. The van der Waals surface area contributed by atoms with Gasteiger partial charge in [0.2, 0.25) is 5.91 Å². The fourth-order valence-electron chi connectivity index (χ4n) is 2.42. The Morgan fingerprint density at radius 1 is 1.37 bits per heavy atom. The Kier molecular flexibility index (Phi) is 3.28. The average Bonchev–Trinajstić information content (AvgIpc) is 2.58. The van der Waals surface area contributed by atoms with Gasteiger partial charge >= 0.3 is 15.6 Å². The highest BCUT2D eigenvalue weighted by atomic mass is 32.2. The van der Waals surface area contributed by atoms with E-state index in [0.717, 1.165) is 12.5 Å². The van der Waals surface area contributed by atoms with Crippen molar-refractivity contribution in [2.45, 2.75) is 43.8 Å². The van der Waals surface area contributed by atoms with Crippen molar-refractivity contribution in [2.75, 3.05) is 0 Å². The molecule has 2 rings (SSSR count). The molecule has 108 valence electrons. The first-order chi connectivity index (χ1) is 8.62. The zero-order valence-electron chi connectivity index (χ0n) is 9.98. The lowest BCUT2D eigenvalue weighted by molar-refractivity contribution is -0.129. The molecule has 0 spiro atoms. The SMILES string of the molecule is C[C@H]1CCC2CC(OS(=O)(=O)C(F)(F)F)=CC(=O)N21. The van der Waals surface area contributed by atoms with Gasteiger partial charge in [-0.3, -0.25) is 4.79 Å². The van der Waals surface area contributed by atoms with E-state index in [0.29, 0.717) is 6.42 Å². The van der Waals surface area contributed by atoms with Gasteiger partial charge in [0.25, 0.3) is 0 Å². The third-order valence-corrected chi connectivity index (χ3v) is 4.26. The third-order valence-electron chi connectivity index (χ3n) is 3.26. The van der Waals surface area contributed by atoms with Crippen molar-refractivity contribution < 1.29 is 30.6 Å². The van der Waals surface area contributed by atoms with Crippen LogP contribution in [0.25, 0.3) is 0 Å². The summed E-state index contributed by atoms with van der Waals surface area (Å²) in [6.07, 6.45) is 2.18. The van der Waals surface area contributed by atoms with Crippen LogP contribution in [0, 0.1) is 0 Å². The van der Waals surface area contributed by atoms with Gasteiger partial charge < -0.3 is 9.08 Å². The molecule has 1 amide bonds. The zero-order valence-corrected chi connectivity index (χ0v) is 10.8. The van der Waals surface area contributed by atoms with E-state index in [4.69, 9.17) is 0 Å². The van der Waals surface area contributed by atoms with E-state index in [1.807, 2.05) is 6.92 Å². The molecule has 19 heavy (non-hydrogen) atoms. The van der Waals surface area contributed by atoms with Crippen LogP contribution in [0.2, 0.25) is 0 Å². The first-order valence-electron chi connectivity index (χ1n) is 5.65. The molecule has 0 saturated carbocycles. The van der Waals surface area contributed by atoms with Gasteiger partial charge in [-0.05, 0) is 19.8 Å². The van der Waals surface area contributed by atoms with E-state index >= 15 is 0 Å². The number of nitrogens with zero attached hydrogens (tertiary/aromatic N) is 1. The second kappa shape index (κ2) is 4.39. The molecule has 0 aromatic rings. The van der Waals surface area contributed by atoms with Crippen LogP contribution in [0.1, 0.15) is 26.2 Å². The molecule has 0 aromatic heterocycles. The minimum absolute atomic E-state index is 0.00854. The van der Waals surface area contributed by atoms with Gasteiger partial charge in [0.1, 0.15) is 5.76 Å². The Labute approximate surface area is 108 Å². The van der Waals surface area contributed by atoms with Gasteiger partial charge in [0, 0.05) is 24.6 Å². The van der Waals surface area contributed by atoms with Crippen LogP contribution in [0.3, 0.4) is 0 Å². The number of halogens is 3. The highest BCUT2D eigenvalue weighted by molar-refractivity contribution is 7.87. The highest BCUT2D eigenvalue weighted by Crippen LogP contribution is 2.35. The molecule has 0 N–H and O–H groups in total. The van der Waals surface area contributed by atoms with Crippen molar-refractivity contribution in [2.24, 2.45) is 0 Å². The van der Waals surface area contributed by atoms with Crippen LogP contribution >= 0.6 is 0 Å². The summed E-state index contributed by atoms with van der Waals surface area (Å²) < 4.78 is 62.3. The minimum Gasteiger partial charge on any atom is -0.380 e. The number of amides is 1. The molecule has 5 nitrogen and oxygen atoms in total. The fraction of sp³-hybridized carbons (Fsp3) is 0.700. The number of rotatable bonds is 2. The second-order valence-corrected chi connectivity index (χ2v) is 6.16. The Balaban J connectivity index is 2.19. The molecular formula is C10H12F3NO4S. The highest BCUT2D eigenvalue weighted by Gasteiger charge is 2.49. The van der Waals surface area contributed by atoms with Crippen LogP contribution in [0.5, 0.6) is 0 Å². The van der Waals surface area contributed by atoms with Gasteiger partial charge in [-0.15, -0.1) is 0 Å². The van der Waals surface area contributed by atoms with Crippen LogP contribution in [-0.2, 0) is 19.1 Å². The number of carbonyl (C=O) groups is 1. The smallest absolute Gasteiger partial charge is 0.380 e. The number of fused-ring (bicyclic) bond motifs is 1. The Morgan fingerprint density at radius 3 is 2.58 bits per heavy atom. The minimum atomic E-state index is -5.70. The van der Waals surface area contributed by atoms with E-state index in [-0.39, 0.29) is 18.5 Å². The summed E-state index contributed by atoms with van der Waals surface area (Å²) in [5, 5.41) is 0. The monoisotopic (exact) mass is 299 g/mol. The molecule has 0 radical (unpaired) electrons. The molecule has 0 aromatic carbocycles. The molecule has 0 aliphatic carbocycles. The number of hydrogen-bond donors (Lipinski definition) is 0. The summed E-state index contributed by atoms with van der Waals surface area (Å²) in [7, 11) is -5.70. The summed E-state index contributed by atoms with van der Waals surface area (Å²) in [4.78, 5) is 13.3. The van der Waals surface area contributed by atoms with E-state index in [2.05, 4.69) is 4.18 Å². The van der Waals surface area contributed by atoms with Crippen LogP contribution in [0.15, 0.2) is 11.8 Å². The van der Waals surface area contributed by atoms with Gasteiger partial charge in [0.15, 0.2) is 0 Å². The van der Waals surface area contributed by atoms with Gasteiger partial charge in [-0.25, -0.2) is 0 Å². The van der Waals surface area contributed by atoms with Crippen LogP contribution < -0.4 is 0 Å². The summed E-state index contributed by atoms with van der Waals surface area (Å²) in [5.41, 5.74) is -5.49. The molecule has 1 unspecified atom stereocenters. The van der Waals surface area contributed by atoms with Crippen molar-refractivity contribution in [3.63, 3.8) is 0 Å². The van der Waals surface area contributed by atoms with Gasteiger partial charge in [0.05, 0.1) is 0 Å². The Bertz CT molecular complexity index is 525. The molecule has 2 heterocycles. The molecule has 2 aliphatic rings. The second-order valence-electron chi connectivity index (χ2n) is 4.62. The molecule has 1 fully saturated rings. The fourth-order valence-corrected chi connectivity index (χ4v) is 2.91. The predicted octanol–water partition coefficient (Wildman–Crippen LogP) is 1.52. The number of carbonyl (C=O) groups excluding carboxylic acids is 1. The van der Waals surface area contributed by atoms with Crippen molar-refractivity contribution in [1.82, 2.24) is 4.90 Å². The molecule has 2 aliphatic heterocycles. The van der Waals surface area contributed by atoms with Crippen molar-refractivity contribution in [1.29, 1.82) is 0 Å². The first-order valence-corrected chi connectivity index (χ1v) is 7.06. The first kappa shape index (κ1) is 14.2. The normalized spacial score (nSPS) is 28.1. The molecule has 1 saturated heterocycles. The maximum atomic E-state index is 12.2. The lowest BCUT2D eigenvalue weighted by Gasteiger charge is -2.31. The van der Waals surface area contributed by atoms with Crippen LogP contribution in [0.4, 0.5) is 13.2 Å². The largest absolute Gasteiger partial charge is 0.534 e. The topological polar surface area (TPSA) is 63.7 Å². The van der Waals surface area contributed by atoms with Crippen molar-refractivity contribution in [3.8, 4) is 0 Å². The van der Waals surface area contributed by atoms with Crippen molar-refractivity contribution >= 4 is 16.0 Å². The molecule has 2 atom stereocenters. The Morgan fingerprint density at radius 2 is 2.00 bits per heavy atom. The van der Waals surface area contributed by atoms with E-state index in [1.54, 1.807) is 4.90 Å². The Hall–Kier alpha value is -1.25. The molecular weight excluding hydrogens is 287 g/mol. The third kappa shape index (κ3) is 2.56. The maximum Gasteiger partial charge on any atom is 0.534 e. The average molecular weight is 299 g/mol. The van der Waals surface area contributed by atoms with Crippen LogP contribution in [-0.4, -0.2) is 36.8 Å². The summed E-state index contributed by atoms with van der Waals surface area (Å²) in [5.74, 6) is -0.953. The van der Waals surface area contributed by atoms with Crippen molar-refractivity contribution in [3.05, 3.63) is 11.8 Å². The van der Waals surface area contributed by atoms with E-state index in [9.17, 15) is 26.4 Å². The number of alkyl halides is 3. The summed E-state index contributed by atoms with van der Waals surface area (Å²) in [6, 6.07) is -0.277. The predicted molar refractivity (Wildman–Crippen MR) is 58.1 cm³/mol.